The van der Waals surface area contributed by atoms with Crippen molar-refractivity contribution in [3.63, 3.8) is 0 Å². The normalized spacial score (nSPS) is 16.3. The Hall–Kier alpha value is -5.97. The van der Waals surface area contributed by atoms with E-state index in [1.807, 2.05) is 17.8 Å². The zero-order valence-electron chi connectivity index (χ0n) is 27.1. The highest BCUT2D eigenvalue weighted by Crippen LogP contribution is 2.62. The van der Waals surface area contributed by atoms with E-state index in [0.717, 1.165) is 33.9 Å². The summed E-state index contributed by atoms with van der Waals surface area (Å²) in [6.07, 6.45) is -0.413. The topological polar surface area (TPSA) is 36.8 Å². The third kappa shape index (κ3) is 4.38. The van der Waals surface area contributed by atoms with Crippen LogP contribution in [0.25, 0.3) is 22.3 Å². The van der Waals surface area contributed by atoms with E-state index in [0.29, 0.717) is 0 Å². The summed E-state index contributed by atoms with van der Waals surface area (Å²) in [6, 6.07) is 63.1. The van der Waals surface area contributed by atoms with Crippen LogP contribution in [-0.2, 0) is 5.41 Å². The van der Waals surface area contributed by atoms with Crippen molar-refractivity contribution < 1.29 is 0 Å². The maximum Gasteiger partial charge on any atom is 0.169 e. The quantitative estimate of drug-likeness (QED) is 0.204. The fourth-order valence-electron chi connectivity index (χ4n) is 8.05. The van der Waals surface area contributed by atoms with Crippen molar-refractivity contribution in [3.8, 4) is 22.3 Å². The largest absolute Gasteiger partial charge is 0.324 e. The van der Waals surface area contributed by atoms with Crippen LogP contribution in [0, 0.1) is 0 Å². The highest BCUT2D eigenvalue weighted by atomic mass is 32.2. The predicted molar refractivity (Wildman–Crippen MR) is 205 cm³/mol. The molecule has 1 aliphatic carbocycles. The van der Waals surface area contributed by atoms with Gasteiger partial charge in [0, 0.05) is 20.9 Å². The summed E-state index contributed by atoms with van der Waals surface area (Å²) >= 11 is 1.85. The molecule has 4 heteroatoms. The molecule has 0 saturated carbocycles. The Morgan fingerprint density at radius 1 is 0.440 bits per heavy atom. The molecule has 3 aliphatic rings. The van der Waals surface area contributed by atoms with Crippen LogP contribution in [0.5, 0.6) is 0 Å². The number of fused-ring (bicyclic) bond motifs is 9. The van der Waals surface area contributed by atoms with E-state index in [4.69, 9.17) is 9.98 Å². The second-order valence-corrected chi connectivity index (χ2v) is 14.0. The molecule has 2 aliphatic heterocycles. The number of amidine groups is 2. The fourth-order valence-corrected chi connectivity index (χ4v) is 9.36. The minimum atomic E-state index is -0.449. The van der Waals surface area contributed by atoms with Crippen LogP contribution < -0.4 is 5.32 Å². The molecule has 7 aromatic carbocycles. The third-order valence-electron chi connectivity index (χ3n) is 10.2. The summed E-state index contributed by atoms with van der Waals surface area (Å²) in [4.78, 5) is 13.1. The molecular weight excluding hydrogens is 627 g/mol. The van der Waals surface area contributed by atoms with Gasteiger partial charge in [-0.1, -0.05) is 176 Å². The van der Waals surface area contributed by atoms with Crippen molar-refractivity contribution in [1.82, 2.24) is 5.32 Å². The van der Waals surface area contributed by atoms with Crippen molar-refractivity contribution in [1.29, 1.82) is 0 Å². The lowest BCUT2D eigenvalue weighted by Crippen LogP contribution is -2.38. The Labute approximate surface area is 296 Å². The Morgan fingerprint density at radius 2 is 0.980 bits per heavy atom. The van der Waals surface area contributed by atoms with E-state index in [1.165, 1.54) is 48.7 Å². The molecule has 1 N–H and O–H groups in total. The third-order valence-corrected chi connectivity index (χ3v) is 11.4. The monoisotopic (exact) mass is 657 g/mol. The average Bonchev–Trinajstić information content (AvgIpc) is 3.49. The summed E-state index contributed by atoms with van der Waals surface area (Å²) in [5.41, 5.74) is 12.9. The van der Waals surface area contributed by atoms with Crippen molar-refractivity contribution in [2.75, 3.05) is 0 Å². The Morgan fingerprint density at radius 3 is 1.72 bits per heavy atom. The maximum atomic E-state index is 5.41. The van der Waals surface area contributed by atoms with E-state index < -0.39 is 11.6 Å². The van der Waals surface area contributed by atoms with Crippen LogP contribution in [0.15, 0.2) is 196 Å². The lowest BCUT2D eigenvalue weighted by Gasteiger charge is -2.40. The lowest BCUT2D eigenvalue weighted by atomic mass is 9.67. The molecule has 1 spiro atoms. The first kappa shape index (κ1) is 29.0. The van der Waals surface area contributed by atoms with E-state index in [2.05, 4.69) is 175 Å². The number of benzene rings is 7. The zero-order chi connectivity index (χ0) is 33.1. The van der Waals surface area contributed by atoms with Gasteiger partial charge in [-0.3, -0.25) is 0 Å². The van der Waals surface area contributed by atoms with Gasteiger partial charge in [0.15, 0.2) is 6.17 Å². The first-order valence-electron chi connectivity index (χ1n) is 17.0. The first-order valence-corrected chi connectivity index (χ1v) is 17.8. The van der Waals surface area contributed by atoms with Crippen LogP contribution >= 0.6 is 11.8 Å². The number of aliphatic imine (C=N–C) groups is 2. The molecule has 0 amide bonds. The summed E-state index contributed by atoms with van der Waals surface area (Å²) in [5.74, 6) is 1.64. The molecule has 2 heterocycles. The Bertz CT molecular complexity index is 2450. The van der Waals surface area contributed by atoms with Crippen molar-refractivity contribution in [3.05, 3.63) is 215 Å². The van der Waals surface area contributed by atoms with Gasteiger partial charge in [0.05, 0.1) is 5.41 Å². The van der Waals surface area contributed by atoms with Crippen molar-refractivity contribution >= 4 is 23.4 Å². The van der Waals surface area contributed by atoms with Crippen LogP contribution in [-0.4, -0.2) is 11.7 Å². The fraction of sp³-hybridized carbons (Fsp3) is 0.0435. The summed E-state index contributed by atoms with van der Waals surface area (Å²) < 4.78 is 0. The Balaban J connectivity index is 1.19. The highest BCUT2D eigenvalue weighted by molar-refractivity contribution is 7.99. The number of nitrogens with zero attached hydrogens (tertiary/aromatic N) is 2. The van der Waals surface area contributed by atoms with Gasteiger partial charge in [-0.2, -0.15) is 0 Å². The van der Waals surface area contributed by atoms with Gasteiger partial charge < -0.3 is 5.32 Å². The zero-order valence-corrected chi connectivity index (χ0v) is 27.9. The van der Waals surface area contributed by atoms with E-state index in [-0.39, 0.29) is 0 Å². The summed E-state index contributed by atoms with van der Waals surface area (Å²) in [6.45, 7) is 0. The smallest absolute Gasteiger partial charge is 0.169 e. The van der Waals surface area contributed by atoms with Crippen molar-refractivity contribution in [2.24, 2.45) is 9.98 Å². The van der Waals surface area contributed by atoms with Gasteiger partial charge >= 0.3 is 0 Å². The van der Waals surface area contributed by atoms with Gasteiger partial charge in [-0.25, -0.2) is 9.98 Å². The molecule has 236 valence electrons. The lowest BCUT2D eigenvalue weighted by molar-refractivity contribution is 0.719. The molecule has 7 aromatic rings. The van der Waals surface area contributed by atoms with Gasteiger partial charge in [-0.05, 0) is 62.2 Å². The number of nitrogens with one attached hydrogen (secondary N) is 1. The predicted octanol–water partition coefficient (Wildman–Crippen LogP) is 10.7. The maximum absolute atomic E-state index is 5.41. The van der Waals surface area contributed by atoms with Gasteiger partial charge in [0.2, 0.25) is 0 Å². The number of hydrogen-bond acceptors (Lipinski definition) is 4. The van der Waals surface area contributed by atoms with Crippen LogP contribution in [0.1, 0.15) is 45.1 Å². The molecule has 50 heavy (non-hydrogen) atoms. The van der Waals surface area contributed by atoms with Crippen LogP contribution in [0.2, 0.25) is 0 Å². The molecule has 0 radical (unpaired) electrons. The minimum Gasteiger partial charge on any atom is -0.324 e. The summed E-state index contributed by atoms with van der Waals surface area (Å²) in [7, 11) is 0. The molecule has 0 aromatic heterocycles. The molecule has 0 saturated heterocycles. The number of hydrogen-bond donors (Lipinski definition) is 1. The average molecular weight is 658 g/mol. The molecular formula is C46H31N3S. The van der Waals surface area contributed by atoms with Crippen molar-refractivity contribution in [2.45, 2.75) is 21.4 Å². The van der Waals surface area contributed by atoms with E-state index in [9.17, 15) is 0 Å². The van der Waals surface area contributed by atoms with Gasteiger partial charge in [0.1, 0.15) is 11.7 Å². The first-order chi connectivity index (χ1) is 24.8. The minimum absolute atomic E-state index is 0.413. The molecule has 10 rings (SSSR count). The van der Waals surface area contributed by atoms with E-state index >= 15 is 0 Å². The highest BCUT2D eigenvalue weighted by Gasteiger charge is 2.50. The molecule has 1 atom stereocenters. The number of rotatable bonds is 4. The SMILES string of the molecule is c1ccc(C2=NC(c3cccc(-c4ccccc4)c3)N=C(c3cccc4c3Sc3ccccc3C43c4ccccc4-c4ccccc43)N2)cc1. The second kappa shape index (κ2) is 11.6. The summed E-state index contributed by atoms with van der Waals surface area (Å²) in [5, 5.41) is 3.71. The second-order valence-electron chi connectivity index (χ2n) is 12.9. The molecule has 0 fully saturated rings. The van der Waals surface area contributed by atoms with Gasteiger partial charge in [-0.15, -0.1) is 0 Å². The Kier molecular flexibility index (Phi) is 6.71. The van der Waals surface area contributed by atoms with Crippen LogP contribution in [0.4, 0.5) is 0 Å². The van der Waals surface area contributed by atoms with E-state index in [1.54, 1.807) is 0 Å². The molecule has 0 bridgehead atoms. The van der Waals surface area contributed by atoms with Crippen LogP contribution in [0.3, 0.4) is 0 Å². The molecule has 3 nitrogen and oxygen atoms in total. The standard InChI is InChI=1S/C46H31N3S/c1-3-15-30(16-4-1)32-19-13-20-33(29-32)44-47-43(31-17-5-2-6-18-31)48-45(49-44)36-23-14-27-40-42(36)50-41-28-12-11-26-39(41)46(40)37-24-9-7-21-34(37)35-22-8-10-25-38(35)46/h1-29,44H,(H,47,48,49). The molecule has 1 unspecified atom stereocenters. The van der Waals surface area contributed by atoms with Gasteiger partial charge in [0.25, 0.3) is 0 Å².